The fourth-order valence-electron chi connectivity index (χ4n) is 3.82. The molecule has 0 saturated carbocycles. The minimum atomic E-state index is -0.413. The maximum absolute atomic E-state index is 13.5. The van der Waals surface area contributed by atoms with E-state index < -0.39 is 6.04 Å². The Bertz CT molecular complexity index is 829. The van der Waals surface area contributed by atoms with Crippen LogP contribution in [0, 0.1) is 5.82 Å². The maximum Gasteiger partial charge on any atom is 0.255 e. The minimum Gasteiger partial charge on any atom is -0.343 e. The molecule has 1 aliphatic heterocycles. The minimum absolute atomic E-state index is 0.0294. The van der Waals surface area contributed by atoms with E-state index in [1.165, 1.54) is 12.1 Å². The summed E-state index contributed by atoms with van der Waals surface area (Å²) in [5.41, 5.74) is 2.43. The van der Waals surface area contributed by atoms with Crippen LogP contribution in [0.1, 0.15) is 60.6 Å². The number of fused-ring (bicyclic) bond motifs is 1. The Balaban J connectivity index is 1.89. The lowest BCUT2D eigenvalue weighted by Crippen LogP contribution is -2.37. The molecule has 0 unspecified atom stereocenters. The number of carbonyl (C=O) groups is 2. The molecule has 148 valence electrons. The molecule has 1 aliphatic rings. The summed E-state index contributed by atoms with van der Waals surface area (Å²) < 4.78 is 13.5. The van der Waals surface area contributed by atoms with Gasteiger partial charge in [-0.25, -0.2) is 4.39 Å². The molecule has 3 rings (SSSR count). The SMILES string of the molecule is CCCN(CCC)C(=O)C[C@H](c1ccc(F)cc1)N1Cc2ccccc2C1=O. The van der Waals surface area contributed by atoms with Gasteiger partial charge in [-0.1, -0.05) is 44.2 Å². The van der Waals surface area contributed by atoms with Crippen molar-refractivity contribution in [3.8, 4) is 0 Å². The van der Waals surface area contributed by atoms with Gasteiger partial charge in [0.2, 0.25) is 5.91 Å². The first-order chi connectivity index (χ1) is 13.5. The van der Waals surface area contributed by atoms with E-state index in [0.29, 0.717) is 25.2 Å². The lowest BCUT2D eigenvalue weighted by molar-refractivity contribution is -0.132. The maximum atomic E-state index is 13.5. The van der Waals surface area contributed by atoms with Gasteiger partial charge in [0.1, 0.15) is 5.82 Å². The standard InChI is InChI=1S/C23H27FN2O2/c1-3-13-25(14-4-2)22(27)15-21(17-9-11-19(24)12-10-17)26-16-18-7-5-6-8-20(18)23(26)28/h5-12,21H,3-4,13-16H2,1-2H3/t21-/m1/s1. The normalized spacial score (nSPS) is 14.1. The van der Waals surface area contributed by atoms with Crippen molar-refractivity contribution in [1.82, 2.24) is 9.80 Å². The van der Waals surface area contributed by atoms with Crippen molar-refractivity contribution in [3.05, 3.63) is 71.0 Å². The fraction of sp³-hybridized carbons (Fsp3) is 0.391. The molecule has 0 fully saturated rings. The molecule has 0 aromatic heterocycles. The van der Waals surface area contributed by atoms with Crippen LogP contribution in [-0.4, -0.2) is 34.7 Å². The number of hydrogen-bond acceptors (Lipinski definition) is 2. The average Bonchev–Trinajstić information content (AvgIpc) is 3.03. The number of halogens is 1. The van der Waals surface area contributed by atoms with Gasteiger partial charge in [0, 0.05) is 25.2 Å². The molecule has 2 aromatic rings. The second kappa shape index (κ2) is 9.00. The Hall–Kier alpha value is -2.69. The van der Waals surface area contributed by atoms with E-state index in [2.05, 4.69) is 0 Å². The van der Waals surface area contributed by atoms with Gasteiger partial charge in [0.25, 0.3) is 5.91 Å². The highest BCUT2D eigenvalue weighted by molar-refractivity contribution is 5.98. The van der Waals surface area contributed by atoms with Crippen LogP contribution < -0.4 is 0 Å². The first-order valence-corrected chi connectivity index (χ1v) is 9.97. The van der Waals surface area contributed by atoms with Crippen molar-refractivity contribution in [1.29, 1.82) is 0 Å². The highest BCUT2D eigenvalue weighted by Crippen LogP contribution is 2.34. The topological polar surface area (TPSA) is 40.6 Å². The van der Waals surface area contributed by atoms with Crippen molar-refractivity contribution in [3.63, 3.8) is 0 Å². The molecule has 2 aromatic carbocycles. The number of amides is 2. The molecule has 0 radical (unpaired) electrons. The van der Waals surface area contributed by atoms with Gasteiger partial charge in [0.05, 0.1) is 12.5 Å². The van der Waals surface area contributed by atoms with E-state index in [1.807, 2.05) is 43.0 Å². The van der Waals surface area contributed by atoms with Gasteiger partial charge in [-0.05, 0) is 42.2 Å². The van der Waals surface area contributed by atoms with Crippen LogP contribution in [0.2, 0.25) is 0 Å². The predicted molar refractivity (Wildman–Crippen MR) is 107 cm³/mol. The zero-order chi connectivity index (χ0) is 20.1. The highest BCUT2D eigenvalue weighted by Gasteiger charge is 2.35. The third-order valence-electron chi connectivity index (χ3n) is 5.19. The van der Waals surface area contributed by atoms with Crippen LogP contribution >= 0.6 is 0 Å². The van der Waals surface area contributed by atoms with Gasteiger partial charge >= 0.3 is 0 Å². The molecule has 2 amide bonds. The van der Waals surface area contributed by atoms with Gasteiger partial charge in [0.15, 0.2) is 0 Å². The summed E-state index contributed by atoms with van der Waals surface area (Å²) in [7, 11) is 0. The van der Waals surface area contributed by atoms with Crippen molar-refractivity contribution in [2.24, 2.45) is 0 Å². The molecule has 0 bridgehead atoms. The van der Waals surface area contributed by atoms with Crippen molar-refractivity contribution < 1.29 is 14.0 Å². The van der Waals surface area contributed by atoms with Crippen molar-refractivity contribution >= 4 is 11.8 Å². The summed E-state index contributed by atoms with van der Waals surface area (Å²) in [6.07, 6.45) is 1.98. The van der Waals surface area contributed by atoms with Crippen LogP contribution in [0.5, 0.6) is 0 Å². The van der Waals surface area contributed by atoms with Crippen LogP contribution in [0.4, 0.5) is 4.39 Å². The zero-order valence-electron chi connectivity index (χ0n) is 16.5. The quantitative estimate of drug-likeness (QED) is 0.671. The Kier molecular flexibility index (Phi) is 6.45. The summed E-state index contributed by atoms with van der Waals surface area (Å²) in [6, 6.07) is 13.2. The third kappa shape index (κ3) is 4.24. The van der Waals surface area contributed by atoms with E-state index in [4.69, 9.17) is 0 Å². The van der Waals surface area contributed by atoms with Crippen LogP contribution in [0.15, 0.2) is 48.5 Å². The fourth-order valence-corrected chi connectivity index (χ4v) is 3.82. The van der Waals surface area contributed by atoms with Crippen molar-refractivity contribution in [2.75, 3.05) is 13.1 Å². The first-order valence-electron chi connectivity index (χ1n) is 9.97. The zero-order valence-corrected chi connectivity index (χ0v) is 16.5. The molecule has 5 heteroatoms. The van der Waals surface area contributed by atoms with Crippen molar-refractivity contribution in [2.45, 2.75) is 45.7 Å². The Morgan fingerprint density at radius 1 is 1.07 bits per heavy atom. The predicted octanol–water partition coefficient (Wildman–Crippen LogP) is 4.56. The molecular formula is C23H27FN2O2. The number of nitrogens with zero attached hydrogens (tertiary/aromatic N) is 2. The first kappa shape index (κ1) is 20.1. The van der Waals surface area contributed by atoms with Gasteiger partial charge in [-0.15, -0.1) is 0 Å². The Morgan fingerprint density at radius 3 is 2.32 bits per heavy atom. The molecule has 28 heavy (non-hydrogen) atoms. The third-order valence-corrected chi connectivity index (χ3v) is 5.19. The second-order valence-corrected chi connectivity index (χ2v) is 7.24. The summed E-state index contributed by atoms with van der Waals surface area (Å²) >= 11 is 0. The summed E-state index contributed by atoms with van der Waals surface area (Å²) in [6.45, 7) is 5.97. The largest absolute Gasteiger partial charge is 0.343 e. The molecule has 1 atom stereocenters. The van der Waals surface area contributed by atoms with E-state index in [0.717, 1.165) is 24.0 Å². The summed E-state index contributed by atoms with van der Waals surface area (Å²) in [4.78, 5) is 29.6. The monoisotopic (exact) mass is 382 g/mol. The number of benzene rings is 2. The lowest BCUT2D eigenvalue weighted by atomic mass is 10.0. The molecule has 0 aliphatic carbocycles. The molecular weight excluding hydrogens is 355 g/mol. The van der Waals surface area contributed by atoms with E-state index in [9.17, 15) is 14.0 Å². The molecule has 0 saturated heterocycles. The Labute approximate surface area is 166 Å². The van der Waals surface area contributed by atoms with E-state index in [1.54, 1.807) is 17.0 Å². The van der Waals surface area contributed by atoms with Gasteiger partial charge < -0.3 is 9.80 Å². The van der Waals surface area contributed by atoms with Gasteiger partial charge in [-0.3, -0.25) is 9.59 Å². The highest BCUT2D eigenvalue weighted by atomic mass is 19.1. The Morgan fingerprint density at radius 2 is 1.71 bits per heavy atom. The summed E-state index contributed by atoms with van der Waals surface area (Å²) in [5.74, 6) is -0.375. The number of hydrogen-bond donors (Lipinski definition) is 0. The molecule has 1 heterocycles. The van der Waals surface area contributed by atoms with Crippen LogP contribution in [0.25, 0.3) is 0 Å². The molecule has 0 spiro atoms. The lowest BCUT2D eigenvalue weighted by Gasteiger charge is -2.30. The number of carbonyl (C=O) groups excluding carboxylic acids is 2. The molecule has 0 N–H and O–H groups in total. The molecule has 4 nitrogen and oxygen atoms in total. The summed E-state index contributed by atoms with van der Waals surface area (Å²) in [5, 5.41) is 0. The average molecular weight is 382 g/mol. The van der Waals surface area contributed by atoms with E-state index >= 15 is 0 Å². The van der Waals surface area contributed by atoms with Gasteiger partial charge in [-0.2, -0.15) is 0 Å². The van der Waals surface area contributed by atoms with Crippen LogP contribution in [0.3, 0.4) is 0 Å². The number of rotatable bonds is 8. The smallest absolute Gasteiger partial charge is 0.255 e. The van der Waals surface area contributed by atoms with E-state index in [-0.39, 0.29) is 24.1 Å². The van der Waals surface area contributed by atoms with Crippen LogP contribution in [-0.2, 0) is 11.3 Å². The second-order valence-electron chi connectivity index (χ2n) is 7.24.